The molecule has 0 aliphatic carbocycles. The molecule has 1 unspecified atom stereocenters. The van der Waals surface area contributed by atoms with Crippen LogP contribution in [0.25, 0.3) is 11.1 Å². The molecule has 2 aromatic rings. The van der Waals surface area contributed by atoms with Crippen LogP contribution >= 0.6 is 0 Å². The highest BCUT2D eigenvalue weighted by Crippen LogP contribution is 2.31. The topological polar surface area (TPSA) is 21.3 Å². The second-order valence-electron chi connectivity index (χ2n) is 5.45. The summed E-state index contributed by atoms with van der Waals surface area (Å²) < 4.78 is 5.35. The monoisotopic (exact) mass is 283 g/mol. The van der Waals surface area contributed by atoms with Crippen LogP contribution in [0.1, 0.15) is 37.4 Å². The summed E-state index contributed by atoms with van der Waals surface area (Å²) in [7, 11) is 1.71. The van der Waals surface area contributed by atoms with E-state index in [1.165, 1.54) is 22.3 Å². The highest BCUT2D eigenvalue weighted by atomic mass is 16.5. The van der Waals surface area contributed by atoms with Crippen LogP contribution in [0.2, 0.25) is 0 Å². The standard InChI is InChI=1S/C19H25NO/c1-5-12-20-15(3)17-8-6-7-9-18(17)16-10-11-19(21-4)14(2)13-16/h6-11,13,15,20H,5,12H2,1-4H3. The van der Waals surface area contributed by atoms with Gasteiger partial charge in [-0.2, -0.15) is 0 Å². The molecule has 0 aromatic heterocycles. The summed E-state index contributed by atoms with van der Waals surface area (Å²) in [6.45, 7) is 7.55. The Labute approximate surface area is 128 Å². The Bertz CT molecular complexity index is 592. The van der Waals surface area contributed by atoms with Crippen molar-refractivity contribution in [2.24, 2.45) is 0 Å². The molecule has 0 heterocycles. The molecule has 0 radical (unpaired) electrons. The molecule has 0 saturated heterocycles. The van der Waals surface area contributed by atoms with Gasteiger partial charge in [-0.05, 0) is 61.2 Å². The van der Waals surface area contributed by atoms with Gasteiger partial charge in [0.15, 0.2) is 0 Å². The summed E-state index contributed by atoms with van der Waals surface area (Å²) in [5.74, 6) is 0.938. The second kappa shape index (κ2) is 7.28. The van der Waals surface area contributed by atoms with Crippen molar-refractivity contribution in [3.63, 3.8) is 0 Å². The molecule has 1 N–H and O–H groups in total. The normalized spacial score (nSPS) is 12.2. The zero-order valence-electron chi connectivity index (χ0n) is 13.4. The second-order valence-corrected chi connectivity index (χ2v) is 5.45. The van der Waals surface area contributed by atoms with Crippen molar-refractivity contribution in [3.8, 4) is 16.9 Å². The van der Waals surface area contributed by atoms with Crippen LogP contribution in [0.3, 0.4) is 0 Å². The molecule has 0 saturated carbocycles. The lowest BCUT2D eigenvalue weighted by molar-refractivity contribution is 0.412. The quantitative estimate of drug-likeness (QED) is 0.827. The van der Waals surface area contributed by atoms with Crippen LogP contribution < -0.4 is 10.1 Å². The van der Waals surface area contributed by atoms with Gasteiger partial charge in [-0.25, -0.2) is 0 Å². The summed E-state index contributed by atoms with van der Waals surface area (Å²) in [5, 5.41) is 3.57. The molecular weight excluding hydrogens is 258 g/mol. The van der Waals surface area contributed by atoms with E-state index >= 15 is 0 Å². The average Bonchev–Trinajstić information content (AvgIpc) is 2.52. The maximum Gasteiger partial charge on any atom is 0.121 e. The van der Waals surface area contributed by atoms with Gasteiger partial charge in [-0.3, -0.25) is 0 Å². The minimum absolute atomic E-state index is 0.351. The molecule has 2 rings (SSSR count). The van der Waals surface area contributed by atoms with Gasteiger partial charge in [-0.1, -0.05) is 37.3 Å². The minimum Gasteiger partial charge on any atom is -0.496 e. The van der Waals surface area contributed by atoms with E-state index in [4.69, 9.17) is 4.74 Å². The number of benzene rings is 2. The zero-order valence-corrected chi connectivity index (χ0v) is 13.4. The maximum absolute atomic E-state index is 5.35. The van der Waals surface area contributed by atoms with Crippen molar-refractivity contribution in [1.29, 1.82) is 0 Å². The van der Waals surface area contributed by atoms with Gasteiger partial charge in [-0.15, -0.1) is 0 Å². The van der Waals surface area contributed by atoms with Gasteiger partial charge >= 0.3 is 0 Å². The molecular formula is C19H25NO. The minimum atomic E-state index is 0.351. The number of rotatable bonds is 6. The Hall–Kier alpha value is -1.80. The number of hydrogen-bond donors (Lipinski definition) is 1. The molecule has 2 nitrogen and oxygen atoms in total. The van der Waals surface area contributed by atoms with Crippen molar-refractivity contribution < 1.29 is 4.74 Å². The number of hydrogen-bond acceptors (Lipinski definition) is 2. The van der Waals surface area contributed by atoms with E-state index in [1.54, 1.807) is 7.11 Å². The summed E-state index contributed by atoms with van der Waals surface area (Å²) in [6.07, 6.45) is 1.15. The first kappa shape index (κ1) is 15.6. The molecule has 0 spiro atoms. The van der Waals surface area contributed by atoms with E-state index in [0.29, 0.717) is 6.04 Å². The van der Waals surface area contributed by atoms with Crippen LogP contribution in [-0.4, -0.2) is 13.7 Å². The van der Waals surface area contributed by atoms with Crippen molar-refractivity contribution in [3.05, 3.63) is 53.6 Å². The Morgan fingerprint density at radius 3 is 2.57 bits per heavy atom. The lowest BCUT2D eigenvalue weighted by Gasteiger charge is -2.18. The molecule has 21 heavy (non-hydrogen) atoms. The first-order valence-electron chi connectivity index (χ1n) is 7.64. The lowest BCUT2D eigenvalue weighted by Crippen LogP contribution is -2.19. The molecule has 0 aliphatic heterocycles. The smallest absolute Gasteiger partial charge is 0.121 e. The third-order valence-electron chi connectivity index (χ3n) is 3.83. The predicted octanol–water partition coefficient (Wildman–Crippen LogP) is 4.73. The Morgan fingerprint density at radius 1 is 1.14 bits per heavy atom. The first-order valence-corrected chi connectivity index (χ1v) is 7.64. The summed E-state index contributed by atoms with van der Waals surface area (Å²) in [5.41, 5.74) is 5.04. The Kier molecular flexibility index (Phi) is 5.40. The molecule has 1 atom stereocenters. The van der Waals surface area contributed by atoms with Crippen molar-refractivity contribution >= 4 is 0 Å². The number of methoxy groups -OCH3 is 1. The third-order valence-corrected chi connectivity index (χ3v) is 3.83. The largest absolute Gasteiger partial charge is 0.496 e. The molecule has 2 heteroatoms. The molecule has 0 amide bonds. The SMILES string of the molecule is CCCNC(C)c1ccccc1-c1ccc(OC)c(C)c1. The predicted molar refractivity (Wildman–Crippen MR) is 89.9 cm³/mol. The third kappa shape index (κ3) is 3.64. The maximum atomic E-state index is 5.35. The molecule has 0 fully saturated rings. The van der Waals surface area contributed by atoms with Crippen molar-refractivity contribution in [2.45, 2.75) is 33.2 Å². The first-order chi connectivity index (χ1) is 10.2. The van der Waals surface area contributed by atoms with E-state index in [2.05, 4.69) is 62.5 Å². The highest BCUT2D eigenvalue weighted by Gasteiger charge is 2.11. The van der Waals surface area contributed by atoms with Crippen LogP contribution in [0, 0.1) is 6.92 Å². The van der Waals surface area contributed by atoms with Gasteiger partial charge in [0.05, 0.1) is 7.11 Å². The van der Waals surface area contributed by atoms with E-state index in [9.17, 15) is 0 Å². The van der Waals surface area contributed by atoms with Gasteiger partial charge < -0.3 is 10.1 Å². The highest BCUT2D eigenvalue weighted by molar-refractivity contribution is 5.69. The fourth-order valence-corrected chi connectivity index (χ4v) is 2.65. The molecule has 112 valence electrons. The van der Waals surface area contributed by atoms with E-state index in [0.717, 1.165) is 18.7 Å². The van der Waals surface area contributed by atoms with E-state index < -0.39 is 0 Å². The summed E-state index contributed by atoms with van der Waals surface area (Å²) in [6, 6.07) is 15.4. The number of nitrogens with one attached hydrogen (secondary N) is 1. The summed E-state index contributed by atoms with van der Waals surface area (Å²) >= 11 is 0. The van der Waals surface area contributed by atoms with E-state index in [1.807, 2.05) is 6.07 Å². The lowest BCUT2D eigenvalue weighted by atomic mass is 9.94. The molecule has 2 aromatic carbocycles. The van der Waals surface area contributed by atoms with Gasteiger partial charge in [0.2, 0.25) is 0 Å². The zero-order chi connectivity index (χ0) is 15.2. The van der Waals surface area contributed by atoms with Crippen molar-refractivity contribution in [2.75, 3.05) is 13.7 Å². The van der Waals surface area contributed by atoms with Gasteiger partial charge in [0.1, 0.15) is 5.75 Å². The van der Waals surface area contributed by atoms with Crippen LogP contribution in [-0.2, 0) is 0 Å². The Morgan fingerprint density at radius 2 is 1.90 bits per heavy atom. The van der Waals surface area contributed by atoms with Crippen LogP contribution in [0.4, 0.5) is 0 Å². The van der Waals surface area contributed by atoms with Gasteiger partial charge in [0.25, 0.3) is 0 Å². The molecule has 0 aliphatic rings. The average molecular weight is 283 g/mol. The fourth-order valence-electron chi connectivity index (χ4n) is 2.65. The van der Waals surface area contributed by atoms with Gasteiger partial charge in [0, 0.05) is 6.04 Å². The van der Waals surface area contributed by atoms with Crippen LogP contribution in [0.5, 0.6) is 5.75 Å². The van der Waals surface area contributed by atoms with E-state index in [-0.39, 0.29) is 0 Å². The Balaban J connectivity index is 2.37. The van der Waals surface area contributed by atoms with Crippen LogP contribution in [0.15, 0.2) is 42.5 Å². The fraction of sp³-hybridized carbons (Fsp3) is 0.368. The van der Waals surface area contributed by atoms with Crippen molar-refractivity contribution in [1.82, 2.24) is 5.32 Å². The number of aryl methyl sites for hydroxylation is 1. The number of ether oxygens (including phenoxy) is 1. The summed E-state index contributed by atoms with van der Waals surface area (Å²) in [4.78, 5) is 0. The molecule has 0 bridgehead atoms.